The van der Waals surface area contributed by atoms with Gasteiger partial charge in [-0.1, -0.05) is 101 Å². The molecule has 3 aromatic carbocycles. The summed E-state index contributed by atoms with van der Waals surface area (Å²) in [5.74, 6) is 0.562. The van der Waals surface area contributed by atoms with E-state index < -0.39 is 11.8 Å². The number of nitriles is 1. The second kappa shape index (κ2) is 21.5. The van der Waals surface area contributed by atoms with E-state index in [2.05, 4.69) is 29.3 Å². The maximum absolute atomic E-state index is 12.8. The summed E-state index contributed by atoms with van der Waals surface area (Å²) in [5, 5.41) is 15.2. The summed E-state index contributed by atoms with van der Waals surface area (Å²) in [4.78, 5) is 29.0. The highest BCUT2D eigenvalue weighted by Crippen LogP contribution is 2.17. The molecule has 0 atom stereocenters. The molecule has 0 aliphatic rings. The first-order chi connectivity index (χ1) is 23.4. The number of rotatable bonds is 20. The lowest BCUT2D eigenvalue weighted by molar-refractivity contribution is -0.118. The van der Waals surface area contributed by atoms with E-state index in [-0.39, 0.29) is 24.4 Å². The SMILES string of the molecule is [C-]#[N+]C(=Cc1ccc(OCCCCCC)cc1)C(=O)NCc1cccc(CNC(=O)C(C#N)=Cc2ccc(OCCCCCC)cc2)c1. The third-order valence-electron chi connectivity index (χ3n) is 7.52. The van der Waals surface area contributed by atoms with Crippen LogP contribution >= 0.6 is 0 Å². The molecule has 48 heavy (non-hydrogen) atoms. The molecule has 0 spiro atoms. The summed E-state index contributed by atoms with van der Waals surface area (Å²) in [6.07, 6.45) is 12.2. The zero-order chi connectivity index (χ0) is 34.4. The number of nitrogens with one attached hydrogen (secondary N) is 2. The van der Waals surface area contributed by atoms with E-state index in [1.165, 1.54) is 25.7 Å². The molecule has 0 heterocycles. The van der Waals surface area contributed by atoms with Crippen LogP contribution in [0.3, 0.4) is 0 Å². The van der Waals surface area contributed by atoms with E-state index in [4.69, 9.17) is 16.0 Å². The monoisotopic (exact) mass is 646 g/mol. The number of benzene rings is 3. The molecule has 8 heteroatoms. The van der Waals surface area contributed by atoms with Gasteiger partial charge in [-0.25, -0.2) is 4.85 Å². The predicted octanol–water partition coefficient (Wildman–Crippen LogP) is 8.40. The maximum atomic E-state index is 12.8. The number of unbranched alkanes of at least 4 members (excludes halogenated alkanes) is 6. The van der Waals surface area contributed by atoms with Gasteiger partial charge in [-0.15, -0.1) is 0 Å². The number of carbonyl (C=O) groups is 2. The molecule has 3 aromatic rings. The Morgan fingerprint density at radius 2 is 1.23 bits per heavy atom. The third-order valence-corrected chi connectivity index (χ3v) is 7.52. The van der Waals surface area contributed by atoms with Crippen molar-refractivity contribution in [3.63, 3.8) is 0 Å². The number of hydrogen-bond acceptors (Lipinski definition) is 5. The van der Waals surface area contributed by atoms with Crippen molar-refractivity contribution < 1.29 is 19.1 Å². The molecule has 0 aliphatic carbocycles. The van der Waals surface area contributed by atoms with Gasteiger partial charge < -0.3 is 20.1 Å². The van der Waals surface area contributed by atoms with Crippen molar-refractivity contribution in [2.24, 2.45) is 0 Å². The van der Waals surface area contributed by atoms with Crippen LogP contribution in [0.25, 0.3) is 17.0 Å². The van der Waals surface area contributed by atoms with Gasteiger partial charge in [0.25, 0.3) is 17.5 Å². The topological polar surface area (TPSA) is 105 Å². The predicted molar refractivity (Wildman–Crippen MR) is 190 cm³/mol. The molecule has 0 saturated heterocycles. The molecular formula is C40H46N4O4. The molecule has 0 fully saturated rings. The minimum absolute atomic E-state index is 0.00492. The van der Waals surface area contributed by atoms with E-state index in [0.717, 1.165) is 59.4 Å². The van der Waals surface area contributed by atoms with Gasteiger partial charge in [-0.2, -0.15) is 5.26 Å². The molecule has 0 aromatic heterocycles. The second-order valence-corrected chi connectivity index (χ2v) is 11.5. The van der Waals surface area contributed by atoms with Crippen LogP contribution in [0.5, 0.6) is 11.5 Å². The van der Waals surface area contributed by atoms with E-state index in [0.29, 0.717) is 13.2 Å². The Balaban J connectivity index is 1.49. The molecule has 2 amide bonds. The maximum Gasteiger partial charge on any atom is 0.262 e. The Bertz CT molecular complexity index is 1480. The average molecular weight is 647 g/mol. The van der Waals surface area contributed by atoms with Gasteiger partial charge >= 0.3 is 0 Å². The molecule has 250 valence electrons. The zero-order valence-corrected chi connectivity index (χ0v) is 28.1. The van der Waals surface area contributed by atoms with Gasteiger partial charge in [0.1, 0.15) is 23.1 Å². The van der Waals surface area contributed by atoms with Crippen LogP contribution in [0, 0.1) is 17.9 Å². The summed E-state index contributed by atoms with van der Waals surface area (Å²) < 4.78 is 11.5. The molecule has 0 radical (unpaired) electrons. The highest BCUT2D eigenvalue weighted by atomic mass is 16.5. The fourth-order valence-corrected chi connectivity index (χ4v) is 4.78. The Morgan fingerprint density at radius 3 is 1.71 bits per heavy atom. The lowest BCUT2D eigenvalue weighted by atomic mass is 10.1. The molecule has 2 N–H and O–H groups in total. The zero-order valence-electron chi connectivity index (χ0n) is 28.1. The standard InChI is InChI=1S/C40H46N4O4/c1-4-6-8-10-23-47-36-19-15-31(16-20-36)26-35(28-41)39(45)43-29-33-13-12-14-34(25-33)30-44-40(46)38(42-3)27-32-17-21-37(22-18-32)48-24-11-9-7-5-2/h12-22,25-27H,4-11,23-24,29-30H2,1-2H3,(H,43,45)(H,44,46). The lowest BCUT2D eigenvalue weighted by Crippen LogP contribution is -2.25. The van der Waals surface area contributed by atoms with Crippen LogP contribution in [0.1, 0.15) is 87.5 Å². The molecular weight excluding hydrogens is 600 g/mol. The highest BCUT2D eigenvalue weighted by Gasteiger charge is 2.12. The van der Waals surface area contributed by atoms with Gasteiger partial charge in [-0.3, -0.25) is 9.59 Å². The van der Waals surface area contributed by atoms with Crippen LogP contribution in [0.2, 0.25) is 0 Å². The normalized spacial score (nSPS) is 11.2. The van der Waals surface area contributed by atoms with Crippen molar-refractivity contribution in [1.82, 2.24) is 10.6 Å². The molecule has 3 rings (SSSR count). The van der Waals surface area contributed by atoms with Gasteiger partial charge in [0, 0.05) is 13.1 Å². The minimum atomic E-state index is -0.481. The number of amides is 2. The highest BCUT2D eigenvalue weighted by molar-refractivity contribution is 6.01. The summed E-state index contributed by atoms with van der Waals surface area (Å²) in [7, 11) is 0. The van der Waals surface area contributed by atoms with Gasteiger partial charge in [0.2, 0.25) is 0 Å². The Morgan fingerprint density at radius 1 is 0.729 bits per heavy atom. The fourth-order valence-electron chi connectivity index (χ4n) is 4.78. The van der Waals surface area contributed by atoms with E-state index in [1.54, 1.807) is 12.2 Å². The van der Waals surface area contributed by atoms with Crippen molar-refractivity contribution in [1.29, 1.82) is 5.26 Å². The summed E-state index contributed by atoms with van der Waals surface area (Å²) >= 11 is 0. The summed E-state index contributed by atoms with van der Waals surface area (Å²) in [5.41, 5.74) is 3.05. The third kappa shape index (κ3) is 13.6. The lowest BCUT2D eigenvalue weighted by Gasteiger charge is -2.09. The largest absolute Gasteiger partial charge is 0.494 e. The van der Waals surface area contributed by atoms with Crippen molar-refractivity contribution in [3.8, 4) is 17.6 Å². The van der Waals surface area contributed by atoms with E-state index in [1.807, 2.05) is 78.9 Å². The Labute approximate surface area is 285 Å². The molecule has 0 unspecified atom stereocenters. The number of hydrogen-bond donors (Lipinski definition) is 2. The molecule has 0 bridgehead atoms. The minimum Gasteiger partial charge on any atom is -0.494 e. The van der Waals surface area contributed by atoms with Crippen LogP contribution in [0.4, 0.5) is 0 Å². The first-order valence-electron chi connectivity index (χ1n) is 16.8. The van der Waals surface area contributed by atoms with Crippen molar-refractivity contribution in [2.45, 2.75) is 78.3 Å². The van der Waals surface area contributed by atoms with Crippen molar-refractivity contribution in [2.75, 3.05) is 13.2 Å². The van der Waals surface area contributed by atoms with Gasteiger partial charge in [0.15, 0.2) is 0 Å². The fraction of sp³-hybridized carbons (Fsp3) is 0.350. The molecule has 0 saturated carbocycles. The summed E-state index contributed by atoms with van der Waals surface area (Å²) in [6.45, 7) is 13.6. The van der Waals surface area contributed by atoms with E-state index >= 15 is 0 Å². The van der Waals surface area contributed by atoms with Crippen LogP contribution in [-0.4, -0.2) is 25.0 Å². The second-order valence-electron chi connectivity index (χ2n) is 11.5. The molecule has 0 aliphatic heterocycles. The van der Waals surface area contributed by atoms with E-state index in [9.17, 15) is 14.9 Å². The number of ether oxygens (including phenoxy) is 2. The number of nitrogens with zero attached hydrogens (tertiary/aromatic N) is 2. The Kier molecular flexibility index (Phi) is 16.6. The average Bonchev–Trinajstić information content (AvgIpc) is 3.12. The van der Waals surface area contributed by atoms with Crippen LogP contribution in [0.15, 0.2) is 84.1 Å². The van der Waals surface area contributed by atoms with Crippen LogP contribution in [-0.2, 0) is 22.7 Å². The quantitative estimate of drug-likeness (QED) is 0.0555. The van der Waals surface area contributed by atoms with Gasteiger partial charge in [0.05, 0.1) is 19.8 Å². The van der Waals surface area contributed by atoms with Crippen molar-refractivity contribution >= 4 is 24.0 Å². The van der Waals surface area contributed by atoms with Crippen LogP contribution < -0.4 is 20.1 Å². The smallest absolute Gasteiger partial charge is 0.262 e. The summed E-state index contributed by atoms with van der Waals surface area (Å²) in [6, 6.07) is 24.0. The first-order valence-corrected chi connectivity index (χ1v) is 16.8. The number of carbonyl (C=O) groups excluding carboxylic acids is 2. The Hall–Kier alpha value is -5.34. The first kappa shape index (κ1) is 37.1. The van der Waals surface area contributed by atoms with Gasteiger partial charge in [-0.05, 0) is 71.5 Å². The van der Waals surface area contributed by atoms with Crippen molar-refractivity contribution in [3.05, 3.63) is 118 Å². The molecule has 8 nitrogen and oxygen atoms in total.